The van der Waals surface area contributed by atoms with Gasteiger partial charge in [-0.1, -0.05) is 73.5 Å². The Balaban J connectivity index is 1.12. The van der Waals surface area contributed by atoms with Crippen LogP contribution >= 0.6 is 0 Å². The molecule has 8 nitrogen and oxygen atoms in total. The molecule has 0 heterocycles. The SMILES string of the molecule is O=C(CCCCCCC(=O)N/N=C/c1c(O)ccc2ccccc12)N/N=C/c1c(O)ccc2ccccc12. The van der Waals surface area contributed by atoms with Crippen LogP contribution in [-0.2, 0) is 9.59 Å². The van der Waals surface area contributed by atoms with E-state index in [9.17, 15) is 19.8 Å². The lowest BCUT2D eigenvalue weighted by molar-refractivity contribution is -0.122. The molecule has 0 spiro atoms. The van der Waals surface area contributed by atoms with Crippen molar-refractivity contribution in [2.45, 2.75) is 38.5 Å². The van der Waals surface area contributed by atoms with Crippen molar-refractivity contribution in [1.29, 1.82) is 0 Å². The second-order valence-electron chi connectivity index (χ2n) is 8.94. The number of rotatable bonds is 11. The van der Waals surface area contributed by atoms with Crippen molar-refractivity contribution < 1.29 is 19.8 Å². The van der Waals surface area contributed by atoms with Crippen LogP contribution in [0.2, 0.25) is 0 Å². The molecule has 4 rings (SSSR count). The number of benzene rings is 4. The molecule has 8 heteroatoms. The van der Waals surface area contributed by atoms with E-state index < -0.39 is 0 Å². The molecule has 0 unspecified atom stereocenters. The van der Waals surface area contributed by atoms with Crippen LogP contribution in [0.5, 0.6) is 11.5 Å². The fourth-order valence-electron chi connectivity index (χ4n) is 4.21. The lowest BCUT2D eigenvalue weighted by atomic mass is 10.0. The number of nitrogens with zero attached hydrogens (tertiary/aromatic N) is 2. The minimum atomic E-state index is -0.204. The van der Waals surface area contributed by atoms with Gasteiger partial charge in [-0.2, -0.15) is 10.2 Å². The van der Waals surface area contributed by atoms with E-state index in [4.69, 9.17) is 0 Å². The molecule has 0 radical (unpaired) electrons. The molecule has 0 saturated heterocycles. The monoisotopic (exact) mass is 510 g/mol. The molecule has 0 aliphatic rings. The van der Waals surface area contributed by atoms with Gasteiger partial charge in [0.1, 0.15) is 11.5 Å². The van der Waals surface area contributed by atoms with Crippen LogP contribution in [-0.4, -0.2) is 34.5 Å². The third-order valence-corrected chi connectivity index (χ3v) is 6.22. The maximum atomic E-state index is 12.1. The number of carbonyl (C=O) groups is 2. The first-order chi connectivity index (χ1) is 18.5. The molecule has 0 fully saturated rings. The summed E-state index contributed by atoms with van der Waals surface area (Å²) in [5.41, 5.74) is 6.12. The van der Waals surface area contributed by atoms with Gasteiger partial charge in [0.25, 0.3) is 0 Å². The molecular formula is C30H30N4O4. The van der Waals surface area contributed by atoms with Crippen molar-refractivity contribution in [1.82, 2.24) is 10.9 Å². The lowest BCUT2D eigenvalue weighted by Gasteiger charge is -2.05. The predicted octanol–water partition coefficient (Wildman–Crippen LogP) is 5.35. The van der Waals surface area contributed by atoms with E-state index in [0.29, 0.717) is 36.8 Å². The van der Waals surface area contributed by atoms with Gasteiger partial charge in [-0.3, -0.25) is 9.59 Å². The number of hydrogen-bond donors (Lipinski definition) is 4. The molecule has 2 amide bonds. The molecule has 4 aromatic rings. The van der Waals surface area contributed by atoms with Crippen LogP contribution in [0.1, 0.15) is 49.7 Å². The van der Waals surface area contributed by atoms with E-state index in [1.165, 1.54) is 12.4 Å². The average Bonchev–Trinajstić information content (AvgIpc) is 2.93. The van der Waals surface area contributed by atoms with Gasteiger partial charge in [-0.15, -0.1) is 0 Å². The standard InChI is InChI=1S/C30H30N4O4/c35-27-17-15-21-9-5-7-11-23(21)25(27)19-31-33-29(37)13-3-1-2-4-14-30(38)34-32-20-26-24-12-8-6-10-22(24)16-18-28(26)36/h5-12,15-20,35-36H,1-4,13-14H2,(H,33,37)(H,34,38)/b31-19+,32-20+. The highest BCUT2D eigenvalue weighted by molar-refractivity contribution is 6.03. The Kier molecular flexibility index (Phi) is 9.02. The van der Waals surface area contributed by atoms with Crippen LogP contribution in [0.4, 0.5) is 0 Å². The maximum Gasteiger partial charge on any atom is 0.240 e. The summed E-state index contributed by atoms with van der Waals surface area (Å²) < 4.78 is 0. The molecule has 194 valence electrons. The van der Waals surface area contributed by atoms with E-state index in [0.717, 1.165) is 34.4 Å². The third kappa shape index (κ3) is 6.94. The summed E-state index contributed by atoms with van der Waals surface area (Å²) in [5.74, 6) is -0.208. The quantitative estimate of drug-likeness (QED) is 0.123. The summed E-state index contributed by atoms with van der Waals surface area (Å²) in [7, 11) is 0. The van der Waals surface area contributed by atoms with Crippen LogP contribution in [0.25, 0.3) is 21.5 Å². The topological polar surface area (TPSA) is 123 Å². The number of phenolic OH excluding ortho intramolecular Hbond substituents is 2. The van der Waals surface area contributed by atoms with Crippen LogP contribution in [0, 0.1) is 0 Å². The van der Waals surface area contributed by atoms with Gasteiger partial charge in [0.2, 0.25) is 11.8 Å². The smallest absolute Gasteiger partial charge is 0.240 e. The summed E-state index contributed by atoms with van der Waals surface area (Å²) in [5, 5.41) is 31.9. The van der Waals surface area contributed by atoms with E-state index >= 15 is 0 Å². The van der Waals surface area contributed by atoms with Crippen molar-refractivity contribution >= 4 is 45.8 Å². The van der Waals surface area contributed by atoms with Crippen molar-refractivity contribution in [2.24, 2.45) is 10.2 Å². The van der Waals surface area contributed by atoms with Gasteiger partial charge in [0, 0.05) is 24.0 Å². The molecule has 4 aromatic carbocycles. The summed E-state index contributed by atoms with van der Waals surface area (Å²) in [4.78, 5) is 24.2. The minimum Gasteiger partial charge on any atom is -0.507 e. The number of fused-ring (bicyclic) bond motifs is 2. The highest BCUT2D eigenvalue weighted by atomic mass is 16.3. The van der Waals surface area contributed by atoms with Crippen LogP contribution < -0.4 is 10.9 Å². The number of nitrogens with one attached hydrogen (secondary N) is 2. The maximum absolute atomic E-state index is 12.1. The summed E-state index contributed by atoms with van der Waals surface area (Å²) >= 11 is 0. The number of hydrogen-bond acceptors (Lipinski definition) is 6. The van der Waals surface area contributed by atoms with Crippen LogP contribution in [0.15, 0.2) is 83.0 Å². The number of phenols is 2. The molecule has 0 bridgehead atoms. The molecule has 0 aromatic heterocycles. The second kappa shape index (κ2) is 13.0. The molecular weight excluding hydrogens is 480 g/mol. The summed E-state index contributed by atoms with van der Waals surface area (Å²) in [6.07, 6.45) is 6.54. The normalized spacial score (nSPS) is 11.5. The van der Waals surface area contributed by atoms with Gasteiger partial charge < -0.3 is 10.2 Å². The molecule has 0 atom stereocenters. The van der Waals surface area contributed by atoms with E-state index in [2.05, 4.69) is 21.1 Å². The number of aromatic hydroxyl groups is 2. The van der Waals surface area contributed by atoms with E-state index in [-0.39, 0.29) is 23.3 Å². The Morgan fingerprint density at radius 1 is 0.605 bits per heavy atom. The Bertz CT molecular complexity index is 1380. The number of hydrazone groups is 2. The van der Waals surface area contributed by atoms with Crippen molar-refractivity contribution in [3.05, 3.63) is 83.9 Å². The Hall–Kier alpha value is -4.72. The van der Waals surface area contributed by atoms with Gasteiger partial charge in [0.05, 0.1) is 12.4 Å². The van der Waals surface area contributed by atoms with Crippen molar-refractivity contribution in [2.75, 3.05) is 0 Å². The first-order valence-corrected chi connectivity index (χ1v) is 12.6. The molecule has 0 aliphatic heterocycles. The summed E-state index contributed by atoms with van der Waals surface area (Å²) in [6.45, 7) is 0. The Labute approximate surface area is 220 Å². The predicted molar refractivity (Wildman–Crippen MR) is 150 cm³/mol. The van der Waals surface area contributed by atoms with Crippen molar-refractivity contribution in [3.8, 4) is 11.5 Å². The highest BCUT2D eigenvalue weighted by Gasteiger charge is 2.07. The van der Waals surface area contributed by atoms with E-state index in [1.54, 1.807) is 12.1 Å². The first-order valence-electron chi connectivity index (χ1n) is 12.6. The zero-order valence-electron chi connectivity index (χ0n) is 20.9. The number of amides is 2. The fraction of sp³-hybridized carbons (Fsp3) is 0.200. The average molecular weight is 511 g/mol. The Morgan fingerprint density at radius 3 is 1.47 bits per heavy atom. The minimum absolute atomic E-state index is 0.100. The zero-order chi connectivity index (χ0) is 26.7. The summed E-state index contributed by atoms with van der Waals surface area (Å²) in [6, 6.07) is 22.1. The lowest BCUT2D eigenvalue weighted by Crippen LogP contribution is -2.17. The molecule has 0 aliphatic carbocycles. The number of unbranched alkanes of at least 4 members (excludes halogenated alkanes) is 3. The van der Waals surface area contributed by atoms with Gasteiger partial charge in [-0.25, -0.2) is 10.9 Å². The fourth-order valence-corrected chi connectivity index (χ4v) is 4.21. The van der Waals surface area contributed by atoms with E-state index in [1.807, 2.05) is 60.7 Å². The Morgan fingerprint density at radius 2 is 1.03 bits per heavy atom. The number of carbonyl (C=O) groups excluding carboxylic acids is 2. The molecule has 38 heavy (non-hydrogen) atoms. The largest absolute Gasteiger partial charge is 0.507 e. The third-order valence-electron chi connectivity index (χ3n) is 6.22. The van der Waals surface area contributed by atoms with Crippen LogP contribution in [0.3, 0.4) is 0 Å². The van der Waals surface area contributed by atoms with Crippen molar-refractivity contribution in [3.63, 3.8) is 0 Å². The molecule has 0 saturated carbocycles. The van der Waals surface area contributed by atoms with Gasteiger partial charge in [0.15, 0.2) is 0 Å². The van der Waals surface area contributed by atoms with Gasteiger partial charge >= 0.3 is 0 Å². The zero-order valence-corrected chi connectivity index (χ0v) is 20.9. The highest BCUT2D eigenvalue weighted by Crippen LogP contribution is 2.26. The molecule has 4 N–H and O–H groups in total. The first kappa shape index (κ1) is 26.3. The second-order valence-corrected chi connectivity index (χ2v) is 8.94. The van der Waals surface area contributed by atoms with Gasteiger partial charge in [-0.05, 0) is 46.5 Å².